The number of fused-ring (bicyclic) bond motifs is 1. The van der Waals surface area contributed by atoms with E-state index in [4.69, 9.17) is 9.15 Å². The maximum Gasteiger partial charge on any atom is 0.346 e. The Morgan fingerprint density at radius 3 is 2.52 bits per heavy atom. The van der Waals surface area contributed by atoms with Gasteiger partial charge in [0.05, 0.1) is 6.61 Å². The molecule has 1 heterocycles. The van der Waals surface area contributed by atoms with Crippen molar-refractivity contribution < 1.29 is 13.5 Å². The van der Waals surface area contributed by atoms with Crippen LogP contribution in [0.25, 0.3) is 10.8 Å². The second-order valence-electron chi connectivity index (χ2n) is 8.55. The van der Waals surface area contributed by atoms with Gasteiger partial charge in [-0.15, -0.1) is 0 Å². The van der Waals surface area contributed by atoms with Crippen LogP contribution in [-0.4, -0.2) is 6.61 Å². The summed E-state index contributed by atoms with van der Waals surface area (Å²) in [6.45, 7) is 4.63. The van der Waals surface area contributed by atoms with Crippen molar-refractivity contribution in [1.82, 2.24) is 0 Å². The fourth-order valence-electron chi connectivity index (χ4n) is 4.54. The van der Waals surface area contributed by atoms with Crippen LogP contribution in [0.15, 0.2) is 27.4 Å². The van der Waals surface area contributed by atoms with Crippen LogP contribution in [-0.2, 0) is 0 Å². The molecule has 29 heavy (non-hydrogen) atoms. The van der Waals surface area contributed by atoms with Gasteiger partial charge in [0.15, 0.2) is 11.6 Å². The minimum Gasteiger partial charge on any atom is -0.491 e. The third kappa shape index (κ3) is 5.61. The average Bonchev–Trinajstić information content (AvgIpc) is 2.73. The van der Waals surface area contributed by atoms with Crippen molar-refractivity contribution in [2.24, 2.45) is 5.92 Å². The Labute approximate surface area is 173 Å². The van der Waals surface area contributed by atoms with E-state index in [-0.39, 0.29) is 17.1 Å². The Balaban J connectivity index is 1.63. The summed E-state index contributed by atoms with van der Waals surface area (Å²) in [5.41, 5.74) is -0.588. The van der Waals surface area contributed by atoms with Crippen LogP contribution < -0.4 is 10.4 Å². The molecule has 1 aromatic heterocycles. The van der Waals surface area contributed by atoms with Gasteiger partial charge in [0.25, 0.3) is 0 Å². The first-order chi connectivity index (χ1) is 14.1. The van der Waals surface area contributed by atoms with Crippen molar-refractivity contribution in [1.29, 1.82) is 0 Å². The van der Waals surface area contributed by atoms with Gasteiger partial charge in [-0.05, 0) is 55.5 Å². The monoisotopic (exact) mass is 402 g/mol. The zero-order valence-electron chi connectivity index (χ0n) is 18.0. The Kier molecular flexibility index (Phi) is 8.14. The van der Waals surface area contributed by atoms with Crippen molar-refractivity contribution in [3.63, 3.8) is 0 Å². The quantitative estimate of drug-likeness (QED) is 0.390. The molecule has 1 saturated carbocycles. The molecule has 0 bridgehead atoms. The van der Waals surface area contributed by atoms with Gasteiger partial charge in [0.2, 0.25) is 0 Å². The lowest BCUT2D eigenvalue weighted by atomic mass is 9.78. The summed E-state index contributed by atoms with van der Waals surface area (Å²) in [4.78, 5) is 12.5. The molecule has 4 heteroatoms. The number of rotatable bonds is 10. The maximum atomic E-state index is 14.7. The van der Waals surface area contributed by atoms with Gasteiger partial charge in [-0.2, -0.15) is 0 Å². The van der Waals surface area contributed by atoms with Gasteiger partial charge >= 0.3 is 5.63 Å². The molecule has 160 valence electrons. The van der Waals surface area contributed by atoms with E-state index in [1.807, 2.05) is 13.0 Å². The lowest BCUT2D eigenvalue weighted by molar-refractivity contribution is 0.275. The van der Waals surface area contributed by atoms with Gasteiger partial charge < -0.3 is 9.15 Å². The van der Waals surface area contributed by atoms with E-state index >= 15 is 0 Å². The Hall–Kier alpha value is -1.84. The van der Waals surface area contributed by atoms with Crippen LogP contribution >= 0.6 is 0 Å². The molecule has 0 spiro atoms. The van der Waals surface area contributed by atoms with Gasteiger partial charge in [0, 0.05) is 5.92 Å². The highest BCUT2D eigenvalue weighted by molar-refractivity contribution is 5.83. The highest BCUT2D eigenvalue weighted by atomic mass is 19.1. The molecule has 1 aliphatic rings. The molecular weight excluding hydrogens is 367 g/mol. The van der Waals surface area contributed by atoms with E-state index in [1.165, 1.54) is 51.4 Å². The van der Waals surface area contributed by atoms with Crippen LogP contribution in [0, 0.1) is 11.7 Å². The highest BCUT2D eigenvalue weighted by Crippen LogP contribution is 2.38. The first-order valence-electron chi connectivity index (χ1n) is 11.5. The average molecular weight is 403 g/mol. The zero-order chi connectivity index (χ0) is 20.6. The molecule has 2 aromatic rings. The minimum atomic E-state index is -0.608. The van der Waals surface area contributed by atoms with Crippen LogP contribution in [0.5, 0.6) is 5.75 Å². The lowest BCUT2D eigenvalue weighted by Crippen LogP contribution is -2.15. The fraction of sp³-hybridized carbons (Fsp3) is 0.640. The molecule has 0 unspecified atom stereocenters. The van der Waals surface area contributed by atoms with Gasteiger partial charge in [0.1, 0.15) is 11.1 Å². The first kappa shape index (κ1) is 21.9. The summed E-state index contributed by atoms with van der Waals surface area (Å²) < 4.78 is 25.7. The Morgan fingerprint density at radius 2 is 1.79 bits per heavy atom. The lowest BCUT2D eigenvalue weighted by Gasteiger charge is -2.28. The van der Waals surface area contributed by atoms with Crippen molar-refractivity contribution >= 4 is 10.8 Å². The second kappa shape index (κ2) is 10.8. The van der Waals surface area contributed by atoms with Gasteiger partial charge in [-0.25, -0.2) is 9.18 Å². The largest absolute Gasteiger partial charge is 0.491 e. The summed E-state index contributed by atoms with van der Waals surface area (Å²) in [6, 6.07) is 5.25. The predicted molar refractivity (Wildman–Crippen MR) is 116 cm³/mol. The van der Waals surface area contributed by atoms with E-state index < -0.39 is 11.4 Å². The fourth-order valence-corrected chi connectivity index (χ4v) is 4.54. The third-order valence-electron chi connectivity index (χ3n) is 6.28. The molecule has 3 rings (SSSR count). The maximum absolute atomic E-state index is 14.7. The van der Waals surface area contributed by atoms with E-state index in [0.717, 1.165) is 25.2 Å². The molecule has 0 radical (unpaired) electrons. The van der Waals surface area contributed by atoms with Crippen LogP contribution in [0.4, 0.5) is 4.39 Å². The first-order valence-corrected chi connectivity index (χ1v) is 11.5. The summed E-state index contributed by atoms with van der Waals surface area (Å²) in [5.74, 6) is 1.30. The van der Waals surface area contributed by atoms with Gasteiger partial charge in [-0.1, -0.05) is 58.4 Å². The van der Waals surface area contributed by atoms with E-state index in [2.05, 4.69) is 6.92 Å². The Bertz CT molecular complexity index is 834. The molecule has 0 atom stereocenters. The van der Waals surface area contributed by atoms with Crippen LogP contribution in [0.2, 0.25) is 0 Å². The molecule has 0 amide bonds. The number of halogens is 1. The molecule has 1 aromatic carbocycles. The van der Waals surface area contributed by atoms with Crippen LogP contribution in [0.3, 0.4) is 0 Å². The summed E-state index contributed by atoms with van der Waals surface area (Å²) in [7, 11) is 0. The number of unbranched alkanes of at least 4 members (excludes halogenated alkanes) is 4. The summed E-state index contributed by atoms with van der Waals surface area (Å²) in [6.07, 6.45) is 13.3. The Morgan fingerprint density at radius 1 is 1.03 bits per heavy atom. The molecule has 1 aliphatic carbocycles. The second-order valence-corrected chi connectivity index (χ2v) is 8.55. The third-order valence-corrected chi connectivity index (χ3v) is 6.28. The molecule has 1 fully saturated rings. The van der Waals surface area contributed by atoms with Crippen molar-refractivity contribution in [2.75, 3.05) is 6.61 Å². The number of hydrogen-bond acceptors (Lipinski definition) is 3. The van der Waals surface area contributed by atoms with Crippen molar-refractivity contribution in [3.8, 4) is 5.75 Å². The standard InChI is InChI=1S/C25H35FO3/c1-3-5-6-7-8-9-18-10-12-19(13-11-18)22-17-20-14-15-21(28-16-4-2)24(26)23(20)25(27)29-22/h14-15,17-19H,3-13,16H2,1-2H3. The van der Waals surface area contributed by atoms with Crippen molar-refractivity contribution in [3.05, 3.63) is 40.2 Å². The van der Waals surface area contributed by atoms with Gasteiger partial charge in [-0.3, -0.25) is 0 Å². The number of hydrogen-bond donors (Lipinski definition) is 0. The van der Waals surface area contributed by atoms with E-state index in [9.17, 15) is 9.18 Å². The molecule has 0 saturated heterocycles. The predicted octanol–water partition coefficient (Wildman–Crippen LogP) is 7.36. The van der Waals surface area contributed by atoms with E-state index in [1.54, 1.807) is 12.1 Å². The molecule has 0 N–H and O–H groups in total. The zero-order valence-corrected chi connectivity index (χ0v) is 18.0. The highest BCUT2D eigenvalue weighted by Gasteiger charge is 2.25. The number of ether oxygens (including phenoxy) is 1. The van der Waals surface area contributed by atoms with Crippen LogP contribution in [0.1, 0.15) is 96.2 Å². The normalized spacial score (nSPS) is 19.6. The van der Waals surface area contributed by atoms with Crippen molar-refractivity contribution in [2.45, 2.75) is 90.4 Å². The minimum absolute atomic E-state index is 0.00289. The molecular formula is C25H35FO3. The topological polar surface area (TPSA) is 39.4 Å². The SMILES string of the molecule is CCCCCCCC1CCC(c2cc3ccc(OCCC)c(F)c3c(=O)o2)CC1. The summed E-state index contributed by atoms with van der Waals surface area (Å²) >= 11 is 0. The smallest absolute Gasteiger partial charge is 0.346 e. The number of benzene rings is 1. The summed E-state index contributed by atoms with van der Waals surface area (Å²) in [5, 5.41) is 0.610. The van der Waals surface area contributed by atoms with E-state index in [0.29, 0.717) is 17.8 Å². The molecule has 3 nitrogen and oxygen atoms in total. The molecule has 0 aliphatic heterocycles.